The van der Waals surface area contributed by atoms with Gasteiger partial charge in [-0.15, -0.1) is 0 Å². The van der Waals surface area contributed by atoms with E-state index in [1.165, 1.54) is 55.2 Å². The zero-order valence-electron chi connectivity index (χ0n) is 25.3. The summed E-state index contributed by atoms with van der Waals surface area (Å²) < 4.78 is 6.64. The lowest BCUT2D eigenvalue weighted by Gasteiger charge is -2.32. The van der Waals surface area contributed by atoms with Gasteiger partial charge in [0, 0.05) is 32.9 Å². The van der Waals surface area contributed by atoms with Gasteiger partial charge in [0.25, 0.3) is 0 Å². The van der Waals surface area contributed by atoms with E-state index in [0.29, 0.717) is 0 Å². The molecule has 7 aromatic carbocycles. The topological polar surface area (TPSA) is 16.4 Å². The Labute approximate surface area is 262 Å². The van der Waals surface area contributed by atoms with Gasteiger partial charge in [0.1, 0.15) is 11.2 Å². The first-order valence-corrected chi connectivity index (χ1v) is 15.6. The zero-order valence-corrected chi connectivity index (χ0v) is 25.3. The van der Waals surface area contributed by atoms with Crippen LogP contribution in [0, 0.1) is 0 Å². The molecule has 9 rings (SSSR count). The molecule has 0 aliphatic heterocycles. The van der Waals surface area contributed by atoms with Crippen molar-refractivity contribution >= 4 is 49.8 Å². The van der Waals surface area contributed by atoms with Crippen molar-refractivity contribution in [1.82, 2.24) is 0 Å². The molecule has 1 heterocycles. The summed E-state index contributed by atoms with van der Waals surface area (Å²) in [5.41, 5.74) is 12.8. The number of hydrogen-bond acceptors (Lipinski definition) is 2. The lowest BCUT2D eigenvalue weighted by Crippen LogP contribution is -2.21. The number of para-hydroxylation sites is 2. The van der Waals surface area contributed by atoms with E-state index in [1.54, 1.807) is 0 Å². The minimum Gasteiger partial charge on any atom is -0.455 e. The van der Waals surface area contributed by atoms with Crippen LogP contribution in [0.1, 0.15) is 25.0 Å². The van der Waals surface area contributed by atoms with Crippen LogP contribution in [0.2, 0.25) is 0 Å². The second-order valence-electron chi connectivity index (χ2n) is 12.5. The molecule has 1 aromatic heterocycles. The molecule has 0 fully saturated rings. The fourth-order valence-electron chi connectivity index (χ4n) is 7.70. The molecule has 0 amide bonds. The summed E-state index contributed by atoms with van der Waals surface area (Å²) in [6.07, 6.45) is 0. The fraction of sp³-hybridized carbons (Fsp3) is 0.0698. The summed E-state index contributed by atoms with van der Waals surface area (Å²) in [6.45, 7) is 4.78. The van der Waals surface area contributed by atoms with Crippen molar-refractivity contribution in [3.05, 3.63) is 163 Å². The van der Waals surface area contributed by atoms with E-state index in [1.807, 2.05) is 0 Å². The summed E-state index contributed by atoms with van der Waals surface area (Å²) in [5, 5.41) is 4.80. The summed E-state index contributed by atoms with van der Waals surface area (Å²) in [6, 6.07) is 54.3. The molecule has 0 N–H and O–H groups in total. The number of fused-ring (bicyclic) bond motifs is 10. The molecule has 0 radical (unpaired) electrons. The van der Waals surface area contributed by atoms with Crippen molar-refractivity contribution in [3.8, 4) is 22.3 Å². The van der Waals surface area contributed by atoms with E-state index in [0.717, 1.165) is 27.9 Å². The SMILES string of the molecule is CC1(C)c2c(cccc2N(c2ccccc2)c2ccc(-c3ccccc3)cc2)-c2c1c1c3ccccc3oc1c1ccccc21. The first kappa shape index (κ1) is 25.9. The molecule has 0 atom stereocenters. The molecular weight excluding hydrogens is 546 g/mol. The lowest BCUT2D eigenvalue weighted by atomic mass is 9.78. The van der Waals surface area contributed by atoms with Crippen molar-refractivity contribution in [2.45, 2.75) is 19.3 Å². The molecule has 214 valence electrons. The van der Waals surface area contributed by atoms with Crippen molar-refractivity contribution in [2.24, 2.45) is 0 Å². The molecule has 2 heteroatoms. The third-order valence-corrected chi connectivity index (χ3v) is 9.59. The van der Waals surface area contributed by atoms with Gasteiger partial charge >= 0.3 is 0 Å². The van der Waals surface area contributed by atoms with Gasteiger partial charge in [0.05, 0.1) is 5.69 Å². The molecule has 0 bridgehead atoms. The highest BCUT2D eigenvalue weighted by Crippen LogP contribution is 2.59. The summed E-state index contributed by atoms with van der Waals surface area (Å²) in [7, 11) is 0. The first-order chi connectivity index (χ1) is 22.1. The predicted molar refractivity (Wildman–Crippen MR) is 189 cm³/mol. The van der Waals surface area contributed by atoms with Gasteiger partial charge in [-0.3, -0.25) is 0 Å². The van der Waals surface area contributed by atoms with Gasteiger partial charge in [-0.25, -0.2) is 0 Å². The fourth-order valence-corrected chi connectivity index (χ4v) is 7.70. The van der Waals surface area contributed by atoms with Crippen LogP contribution in [-0.4, -0.2) is 0 Å². The van der Waals surface area contributed by atoms with E-state index in [2.05, 4.69) is 170 Å². The Bertz CT molecular complexity index is 2380. The zero-order chi connectivity index (χ0) is 30.1. The Morgan fingerprint density at radius 3 is 1.84 bits per heavy atom. The maximum Gasteiger partial charge on any atom is 0.143 e. The minimum absolute atomic E-state index is 0.298. The van der Waals surface area contributed by atoms with Crippen LogP contribution in [0.5, 0.6) is 0 Å². The van der Waals surface area contributed by atoms with Crippen molar-refractivity contribution < 1.29 is 4.42 Å². The third-order valence-electron chi connectivity index (χ3n) is 9.59. The molecule has 2 nitrogen and oxygen atoms in total. The van der Waals surface area contributed by atoms with E-state index >= 15 is 0 Å². The van der Waals surface area contributed by atoms with Crippen LogP contribution in [-0.2, 0) is 5.41 Å². The highest BCUT2D eigenvalue weighted by molar-refractivity contribution is 6.23. The number of nitrogens with zero attached hydrogens (tertiary/aromatic N) is 1. The van der Waals surface area contributed by atoms with Crippen LogP contribution >= 0.6 is 0 Å². The van der Waals surface area contributed by atoms with Gasteiger partial charge in [0.15, 0.2) is 0 Å². The van der Waals surface area contributed by atoms with E-state index in [9.17, 15) is 0 Å². The van der Waals surface area contributed by atoms with Gasteiger partial charge in [-0.1, -0.05) is 129 Å². The number of anilines is 3. The van der Waals surface area contributed by atoms with E-state index in [-0.39, 0.29) is 5.41 Å². The molecular formula is C43H31NO. The Balaban J connectivity index is 1.33. The standard InChI is InChI=1S/C43H31NO/c1-43(2)40-35(38-32-18-9-10-19-33(32)42-39(41(38)43)34-20-11-12-23-37(34)45-42)21-13-22-36(40)44(30-16-7-4-8-17-30)31-26-24-29(25-27-31)28-14-5-3-6-15-28/h3-27H,1-2H3. The third kappa shape index (κ3) is 3.76. The van der Waals surface area contributed by atoms with Crippen LogP contribution in [0.15, 0.2) is 156 Å². The number of rotatable bonds is 4. The highest BCUT2D eigenvalue weighted by Gasteiger charge is 2.42. The smallest absolute Gasteiger partial charge is 0.143 e. The summed E-state index contributed by atoms with van der Waals surface area (Å²) >= 11 is 0. The van der Waals surface area contributed by atoms with Crippen molar-refractivity contribution in [1.29, 1.82) is 0 Å². The quantitative estimate of drug-likeness (QED) is 0.207. The Morgan fingerprint density at radius 1 is 0.489 bits per heavy atom. The van der Waals surface area contributed by atoms with Crippen molar-refractivity contribution in [2.75, 3.05) is 4.90 Å². The van der Waals surface area contributed by atoms with E-state index in [4.69, 9.17) is 4.42 Å². The second-order valence-corrected chi connectivity index (χ2v) is 12.5. The number of benzene rings is 7. The molecule has 0 unspecified atom stereocenters. The van der Waals surface area contributed by atoms with Crippen molar-refractivity contribution in [3.63, 3.8) is 0 Å². The molecule has 8 aromatic rings. The molecule has 0 saturated heterocycles. The molecule has 45 heavy (non-hydrogen) atoms. The average Bonchev–Trinajstić information content (AvgIpc) is 3.59. The molecule has 1 aliphatic rings. The predicted octanol–water partition coefficient (Wildman–Crippen LogP) is 12.2. The van der Waals surface area contributed by atoms with Crippen LogP contribution in [0.3, 0.4) is 0 Å². The maximum absolute atomic E-state index is 6.64. The number of furan rings is 1. The Morgan fingerprint density at radius 2 is 1.09 bits per heavy atom. The van der Waals surface area contributed by atoms with Gasteiger partial charge in [0.2, 0.25) is 0 Å². The number of hydrogen-bond donors (Lipinski definition) is 0. The highest BCUT2D eigenvalue weighted by atomic mass is 16.3. The lowest BCUT2D eigenvalue weighted by molar-refractivity contribution is 0.659. The molecule has 0 spiro atoms. The van der Waals surface area contributed by atoms with Crippen LogP contribution < -0.4 is 4.90 Å². The first-order valence-electron chi connectivity index (χ1n) is 15.6. The Hall–Kier alpha value is -5.60. The van der Waals surface area contributed by atoms with Gasteiger partial charge in [-0.05, 0) is 75.2 Å². The minimum atomic E-state index is -0.298. The maximum atomic E-state index is 6.64. The van der Waals surface area contributed by atoms with Crippen LogP contribution in [0.25, 0.3) is 55.0 Å². The summed E-state index contributed by atoms with van der Waals surface area (Å²) in [4.78, 5) is 2.42. The van der Waals surface area contributed by atoms with E-state index < -0.39 is 0 Å². The average molecular weight is 578 g/mol. The monoisotopic (exact) mass is 577 g/mol. The normalized spacial score (nSPS) is 13.3. The molecule has 1 aliphatic carbocycles. The largest absolute Gasteiger partial charge is 0.455 e. The second kappa shape index (κ2) is 9.70. The summed E-state index contributed by atoms with van der Waals surface area (Å²) in [5.74, 6) is 0. The van der Waals surface area contributed by atoms with Gasteiger partial charge < -0.3 is 9.32 Å². The Kier molecular flexibility index (Phi) is 5.58. The molecule has 0 saturated carbocycles. The van der Waals surface area contributed by atoms with Gasteiger partial charge in [-0.2, -0.15) is 0 Å². The van der Waals surface area contributed by atoms with Crippen LogP contribution in [0.4, 0.5) is 17.1 Å².